The lowest BCUT2D eigenvalue weighted by molar-refractivity contribution is 0.0449. The number of nitrogens with one attached hydrogen (secondary N) is 1. The van der Waals surface area contributed by atoms with Gasteiger partial charge in [-0.1, -0.05) is 0 Å². The summed E-state index contributed by atoms with van der Waals surface area (Å²) in [5.41, 5.74) is 5.39. The fourth-order valence-corrected chi connectivity index (χ4v) is 1.55. The minimum absolute atomic E-state index is 0.515. The number of nitrogens with two attached hydrogens (primary N) is 1. The number of hydrogen-bond acceptors (Lipinski definition) is 4. The first-order valence-corrected chi connectivity index (χ1v) is 7.09. The van der Waals surface area contributed by atoms with Gasteiger partial charge in [-0.3, -0.25) is 0 Å². The van der Waals surface area contributed by atoms with Gasteiger partial charge < -0.3 is 25.6 Å². The van der Waals surface area contributed by atoms with E-state index < -0.39 is 6.09 Å². The van der Waals surface area contributed by atoms with Gasteiger partial charge in [0.15, 0.2) is 0 Å². The summed E-state index contributed by atoms with van der Waals surface area (Å²) in [7, 11) is 0. The van der Waals surface area contributed by atoms with E-state index in [2.05, 4.69) is 5.32 Å². The Morgan fingerprint density at radius 1 is 0.895 bits per heavy atom. The molecule has 6 heteroatoms. The van der Waals surface area contributed by atoms with Crippen molar-refractivity contribution in [1.29, 1.82) is 0 Å². The lowest BCUT2D eigenvalue weighted by Gasteiger charge is -2.06. The van der Waals surface area contributed by atoms with Crippen LogP contribution in [-0.2, 0) is 9.47 Å². The standard InChI is InChI=1S/C13H28N2O4/c14-7-3-1-5-9-18-11-12-19-10-6-2-4-8-15-13(16)17/h15H,1-12,14H2,(H,16,17). The van der Waals surface area contributed by atoms with E-state index in [0.717, 1.165) is 51.7 Å². The summed E-state index contributed by atoms with van der Waals surface area (Å²) in [6.45, 7) is 4.04. The van der Waals surface area contributed by atoms with Gasteiger partial charge in [0, 0.05) is 19.8 Å². The predicted octanol–water partition coefficient (Wildman–Crippen LogP) is 1.59. The molecule has 0 bridgehead atoms. The number of carbonyl (C=O) groups is 1. The monoisotopic (exact) mass is 276 g/mol. The van der Waals surface area contributed by atoms with Crippen molar-refractivity contribution in [3.63, 3.8) is 0 Å². The quantitative estimate of drug-likeness (QED) is 0.419. The third kappa shape index (κ3) is 17.1. The van der Waals surface area contributed by atoms with Crippen LogP contribution in [0, 0.1) is 0 Å². The normalized spacial score (nSPS) is 10.6. The molecular formula is C13H28N2O4. The van der Waals surface area contributed by atoms with Gasteiger partial charge in [-0.25, -0.2) is 4.79 Å². The second kappa shape index (κ2) is 15.2. The maximum atomic E-state index is 10.2. The molecule has 0 rings (SSSR count). The highest BCUT2D eigenvalue weighted by atomic mass is 16.5. The number of carboxylic acid groups (broad SMARTS) is 1. The highest BCUT2D eigenvalue weighted by Gasteiger charge is 1.94. The molecule has 0 aliphatic carbocycles. The first-order valence-electron chi connectivity index (χ1n) is 7.09. The highest BCUT2D eigenvalue weighted by Crippen LogP contribution is 1.96. The van der Waals surface area contributed by atoms with E-state index in [-0.39, 0.29) is 0 Å². The molecule has 4 N–H and O–H groups in total. The van der Waals surface area contributed by atoms with Gasteiger partial charge in [0.2, 0.25) is 0 Å². The summed E-state index contributed by atoms with van der Waals surface area (Å²) in [6.07, 6.45) is 5.08. The molecule has 114 valence electrons. The molecule has 0 spiro atoms. The zero-order chi connectivity index (χ0) is 14.2. The van der Waals surface area contributed by atoms with Crippen LogP contribution < -0.4 is 11.1 Å². The largest absolute Gasteiger partial charge is 0.465 e. The van der Waals surface area contributed by atoms with Crippen LogP contribution in [0.1, 0.15) is 38.5 Å². The van der Waals surface area contributed by atoms with Crippen molar-refractivity contribution in [2.75, 3.05) is 39.5 Å². The van der Waals surface area contributed by atoms with Crippen LogP contribution in [0.15, 0.2) is 0 Å². The van der Waals surface area contributed by atoms with Crippen LogP contribution in [0.3, 0.4) is 0 Å². The molecule has 0 saturated carbocycles. The van der Waals surface area contributed by atoms with E-state index in [1.165, 1.54) is 0 Å². The molecule has 0 unspecified atom stereocenters. The molecule has 0 atom stereocenters. The molecule has 0 saturated heterocycles. The van der Waals surface area contributed by atoms with Crippen molar-refractivity contribution < 1.29 is 19.4 Å². The summed E-state index contributed by atoms with van der Waals surface area (Å²) in [4.78, 5) is 10.2. The van der Waals surface area contributed by atoms with Crippen molar-refractivity contribution in [2.24, 2.45) is 5.73 Å². The Bertz CT molecular complexity index is 203. The zero-order valence-electron chi connectivity index (χ0n) is 11.7. The molecule has 6 nitrogen and oxygen atoms in total. The summed E-state index contributed by atoms with van der Waals surface area (Å²) in [6, 6.07) is 0. The van der Waals surface area contributed by atoms with Crippen molar-refractivity contribution in [3.05, 3.63) is 0 Å². The molecule has 19 heavy (non-hydrogen) atoms. The number of rotatable bonds is 14. The van der Waals surface area contributed by atoms with E-state index in [1.807, 2.05) is 0 Å². The summed E-state index contributed by atoms with van der Waals surface area (Å²) < 4.78 is 10.8. The minimum Gasteiger partial charge on any atom is -0.465 e. The zero-order valence-corrected chi connectivity index (χ0v) is 11.7. The molecular weight excluding hydrogens is 248 g/mol. The number of hydrogen-bond donors (Lipinski definition) is 3. The third-order valence-electron chi connectivity index (χ3n) is 2.61. The second-order valence-electron chi connectivity index (χ2n) is 4.37. The Balaban J connectivity index is 2.93. The first kappa shape index (κ1) is 18.1. The summed E-state index contributed by atoms with van der Waals surface area (Å²) >= 11 is 0. The van der Waals surface area contributed by atoms with Crippen LogP contribution in [0.25, 0.3) is 0 Å². The van der Waals surface area contributed by atoms with Gasteiger partial charge in [-0.15, -0.1) is 0 Å². The van der Waals surface area contributed by atoms with E-state index in [4.69, 9.17) is 20.3 Å². The van der Waals surface area contributed by atoms with Crippen molar-refractivity contribution in [3.8, 4) is 0 Å². The number of amides is 1. The Morgan fingerprint density at radius 3 is 2.00 bits per heavy atom. The second-order valence-corrected chi connectivity index (χ2v) is 4.37. The van der Waals surface area contributed by atoms with Crippen LogP contribution in [0.2, 0.25) is 0 Å². The Labute approximate surface area is 115 Å². The van der Waals surface area contributed by atoms with Gasteiger partial charge in [0.25, 0.3) is 0 Å². The van der Waals surface area contributed by atoms with Gasteiger partial charge in [-0.2, -0.15) is 0 Å². The Kier molecular flexibility index (Phi) is 14.5. The fraction of sp³-hybridized carbons (Fsp3) is 0.923. The van der Waals surface area contributed by atoms with Crippen LogP contribution in [0.5, 0.6) is 0 Å². The smallest absolute Gasteiger partial charge is 0.404 e. The minimum atomic E-state index is -0.958. The van der Waals surface area contributed by atoms with E-state index >= 15 is 0 Å². The molecule has 0 aromatic rings. The molecule has 0 aliphatic rings. The number of unbranched alkanes of at least 4 members (excludes halogenated alkanes) is 4. The fourth-order valence-electron chi connectivity index (χ4n) is 1.55. The van der Waals surface area contributed by atoms with Gasteiger partial charge in [-0.05, 0) is 45.1 Å². The van der Waals surface area contributed by atoms with Crippen molar-refractivity contribution >= 4 is 6.09 Å². The molecule has 0 aromatic heterocycles. The van der Waals surface area contributed by atoms with Crippen molar-refractivity contribution in [1.82, 2.24) is 5.32 Å². The van der Waals surface area contributed by atoms with E-state index in [9.17, 15) is 4.79 Å². The van der Waals surface area contributed by atoms with Gasteiger partial charge in [0.1, 0.15) is 0 Å². The SMILES string of the molecule is NCCCCCOCCOCCCCCNC(=O)O. The molecule has 0 heterocycles. The lowest BCUT2D eigenvalue weighted by atomic mass is 10.2. The topological polar surface area (TPSA) is 93.8 Å². The summed E-state index contributed by atoms with van der Waals surface area (Å²) in [5, 5.41) is 10.7. The van der Waals surface area contributed by atoms with Gasteiger partial charge in [0.05, 0.1) is 13.2 Å². The average Bonchev–Trinajstić information content (AvgIpc) is 2.39. The molecule has 0 aromatic carbocycles. The molecule has 0 aliphatic heterocycles. The van der Waals surface area contributed by atoms with Crippen molar-refractivity contribution in [2.45, 2.75) is 38.5 Å². The van der Waals surface area contributed by atoms with E-state index in [0.29, 0.717) is 26.4 Å². The average molecular weight is 276 g/mol. The van der Waals surface area contributed by atoms with Crippen LogP contribution in [0.4, 0.5) is 4.79 Å². The number of ether oxygens (including phenoxy) is 2. The van der Waals surface area contributed by atoms with E-state index in [1.54, 1.807) is 0 Å². The maximum Gasteiger partial charge on any atom is 0.404 e. The lowest BCUT2D eigenvalue weighted by Crippen LogP contribution is -2.21. The molecule has 0 fully saturated rings. The van der Waals surface area contributed by atoms with Crippen LogP contribution in [-0.4, -0.2) is 50.7 Å². The Hall–Kier alpha value is -0.850. The maximum absolute atomic E-state index is 10.2. The molecule has 0 radical (unpaired) electrons. The highest BCUT2D eigenvalue weighted by molar-refractivity contribution is 5.64. The van der Waals surface area contributed by atoms with Gasteiger partial charge >= 0.3 is 6.09 Å². The Morgan fingerprint density at radius 2 is 1.47 bits per heavy atom. The summed E-state index contributed by atoms with van der Waals surface area (Å²) in [5.74, 6) is 0. The van der Waals surface area contributed by atoms with Crippen LogP contribution >= 0.6 is 0 Å². The first-order chi connectivity index (χ1) is 9.27. The third-order valence-corrected chi connectivity index (χ3v) is 2.61. The molecule has 1 amide bonds. The predicted molar refractivity (Wildman–Crippen MR) is 74.4 cm³/mol.